The fourth-order valence-electron chi connectivity index (χ4n) is 2.95. The number of carbonyl (C=O) groups excluding carboxylic acids is 1. The number of halogens is 2. The number of rotatable bonds is 4. The Labute approximate surface area is 157 Å². The summed E-state index contributed by atoms with van der Waals surface area (Å²) < 4.78 is 53.3. The van der Waals surface area contributed by atoms with Gasteiger partial charge in [0.05, 0.1) is 11.3 Å². The lowest BCUT2D eigenvalue weighted by Crippen LogP contribution is -2.50. The van der Waals surface area contributed by atoms with Gasteiger partial charge in [-0.3, -0.25) is 4.79 Å². The zero-order valence-corrected chi connectivity index (χ0v) is 15.7. The van der Waals surface area contributed by atoms with E-state index in [1.165, 1.54) is 28.6 Å². The van der Waals surface area contributed by atoms with Gasteiger partial charge in [0, 0.05) is 26.2 Å². The van der Waals surface area contributed by atoms with Gasteiger partial charge in [-0.25, -0.2) is 17.2 Å². The van der Waals surface area contributed by atoms with Crippen LogP contribution in [-0.2, 0) is 21.2 Å². The van der Waals surface area contributed by atoms with Crippen molar-refractivity contribution in [2.24, 2.45) is 0 Å². The Bertz CT molecular complexity index is 938. The molecule has 1 fully saturated rings. The number of nitrogens with zero attached hydrogens (tertiary/aromatic N) is 2. The highest BCUT2D eigenvalue weighted by atomic mass is 32.2. The fraction of sp³-hybridized carbons (Fsp3) is 0.316. The second-order valence-corrected chi connectivity index (χ2v) is 8.44. The monoisotopic (exact) mass is 394 g/mol. The Balaban J connectivity index is 1.63. The number of hydrogen-bond donors (Lipinski definition) is 0. The highest BCUT2D eigenvalue weighted by molar-refractivity contribution is 7.89. The highest BCUT2D eigenvalue weighted by Crippen LogP contribution is 2.20. The largest absolute Gasteiger partial charge is 0.340 e. The Kier molecular flexibility index (Phi) is 5.57. The van der Waals surface area contributed by atoms with Crippen LogP contribution in [-0.4, -0.2) is 49.7 Å². The fourth-order valence-corrected chi connectivity index (χ4v) is 4.38. The minimum absolute atomic E-state index is 0.0864. The first-order valence-corrected chi connectivity index (χ1v) is 10.00. The van der Waals surface area contributed by atoms with Crippen LogP contribution in [0.15, 0.2) is 47.4 Å². The molecule has 8 heteroatoms. The molecule has 27 heavy (non-hydrogen) atoms. The minimum atomic E-state index is -3.80. The van der Waals surface area contributed by atoms with Crippen LogP contribution in [0.5, 0.6) is 0 Å². The smallest absolute Gasteiger partial charge is 0.243 e. The van der Waals surface area contributed by atoms with Crippen LogP contribution >= 0.6 is 0 Å². The van der Waals surface area contributed by atoms with E-state index in [0.29, 0.717) is 11.1 Å². The molecular formula is C19H20F2N2O3S. The number of sulfonamides is 1. The molecule has 144 valence electrons. The quantitative estimate of drug-likeness (QED) is 0.800. The van der Waals surface area contributed by atoms with Crippen LogP contribution in [0.3, 0.4) is 0 Å². The average Bonchev–Trinajstić information content (AvgIpc) is 2.66. The normalized spacial score (nSPS) is 15.7. The van der Waals surface area contributed by atoms with Crippen LogP contribution < -0.4 is 0 Å². The Morgan fingerprint density at radius 1 is 1.00 bits per heavy atom. The van der Waals surface area contributed by atoms with Gasteiger partial charge in [-0.2, -0.15) is 4.31 Å². The third-order valence-corrected chi connectivity index (χ3v) is 6.54. The molecule has 2 aromatic rings. The summed E-state index contributed by atoms with van der Waals surface area (Å²) in [6.45, 7) is 2.37. The predicted octanol–water partition coefficient (Wildman–Crippen LogP) is 2.35. The maximum absolute atomic E-state index is 13.7. The number of carbonyl (C=O) groups is 1. The molecular weight excluding hydrogens is 374 g/mol. The molecule has 0 atom stereocenters. The van der Waals surface area contributed by atoms with Crippen molar-refractivity contribution in [3.63, 3.8) is 0 Å². The summed E-state index contributed by atoms with van der Waals surface area (Å²) >= 11 is 0. The van der Waals surface area contributed by atoms with Gasteiger partial charge < -0.3 is 4.90 Å². The SMILES string of the molecule is Cc1ccc(S(=O)(=O)N2CCN(C(=O)Cc3ccc(F)cc3)CC2)cc1F. The van der Waals surface area contributed by atoms with Gasteiger partial charge in [-0.15, -0.1) is 0 Å². The second kappa shape index (κ2) is 7.74. The van der Waals surface area contributed by atoms with Crippen molar-refractivity contribution in [1.29, 1.82) is 0 Å². The third-order valence-electron chi connectivity index (χ3n) is 4.64. The van der Waals surface area contributed by atoms with Gasteiger partial charge in [0.2, 0.25) is 15.9 Å². The average molecular weight is 394 g/mol. The van der Waals surface area contributed by atoms with Crippen LogP contribution in [0.4, 0.5) is 8.78 Å². The zero-order valence-electron chi connectivity index (χ0n) is 14.9. The Hall–Kier alpha value is -2.32. The molecule has 0 aliphatic carbocycles. The lowest BCUT2D eigenvalue weighted by Gasteiger charge is -2.34. The topological polar surface area (TPSA) is 57.7 Å². The molecule has 1 amide bonds. The molecule has 0 saturated carbocycles. The van der Waals surface area contributed by atoms with E-state index >= 15 is 0 Å². The number of hydrogen-bond acceptors (Lipinski definition) is 3. The maximum Gasteiger partial charge on any atom is 0.243 e. The molecule has 0 N–H and O–H groups in total. The minimum Gasteiger partial charge on any atom is -0.340 e. The predicted molar refractivity (Wildman–Crippen MR) is 96.6 cm³/mol. The van der Waals surface area contributed by atoms with E-state index in [1.54, 1.807) is 24.0 Å². The molecule has 1 heterocycles. The van der Waals surface area contributed by atoms with E-state index in [1.807, 2.05) is 0 Å². The van der Waals surface area contributed by atoms with Crippen molar-refractivity contribution < 1.29 is 22.0 Å². The lowest BCUT2D eigenvalue weighted by molar-refractivity contribution is -0.131. The molecule has 0 radical (unpaired) electrons. The molecule has 0 aromatic heterocycles. The molecule has 3 rings (SSSR count). The first-order valence-electron chi connectivity index (χ1n) is 8.56. The summed E-state index contributed by atoms with van der Waals surface area (Å²) in [5.74, 6) is -1.07. The molecule has 0 bridgehead atoms. The van der Waals surface area contributed by atoms with Crippen molar-refractivity contribution in [1.82, 2.24) is 9.21 Å². The summed E-state index contributed by atoms with van der Waals surface area (Å²) in [7, 11) is -3.80. The lowest BCUT2D eigenvalue weighted by atomic mass is 10.1. The summed E-state index contributed by atoms with van der Waals surface area (Å²) in [5, 5.41) is 0. The van der Waals surface area contributed by atoms with Gasteiger partial charge in [-0.05, 0) is 42.3 Å². The van der Waals surface area contributed by atoms with Crippen molar-refractivity contribution in [2.75, 3.05) is 26.2 Å². The molecule has 2 aromatic carbocycles. The van der Waals surface area contributed by atoms with Crippen molar-refractivity contribution in [3.8, 4) is 0 Å². The standard InChI is InChI=1S/C19H20F2N2O3S/c1-14-2-7-17(13-18(14)21)27(25,26)23-10-8-22(9-11-23)19(24)12-15-3-5-16(20)6-4-15/h2-7,13H,8-12H2,1H3. The van der Waals surface area contributed by atoms with Crippen molar-refractivity contribution in [3.05, 3.63) is 65.2 Å². The van der Waals surface area contributed by atoms with E-state index in [4.69, 9.17) is 0 Å². The number of aryl methyl sites for hydroxylation is 1. The van der Waals surface area contributed by atoms with Gasteiger partial charge >= 0.3 is 0 Å². The number of piperazine rings is 1. The third kappa shape index (κ3) is 4.33. The van der Waals surface area contributed by atoms with Gasteiger partial charge in [0.15, 0.2) is 0 Å². The van der Waals surface area contributed by atoms with Gasteiger partial charge in [-0.1, -0.05) is 18.2 Å². The maximum atomic E-state index is 13.7. The Morgan fingerprint density at radius 2 is 1.63 bits per heavy atom. The van der Waals surface area contributed by atoms with Crippen LogP contribution in [0, 0.1) is 18.6 Å². The molecule has 1 aliphatic heterocycles. The van der Waals surface area contributed by atoms with Crippen LogP contribution in [0.1, 0.15) is 11.1 Å². The first kappa shape index (κ1) is 19.4. The van der Waals surface area contributed by atoms with E-state index in [2.05, 4.69) is 0 Å². The summed E-state index contributed by atoms with van der Waals surface area (Å²) in [6.07, 6.45) is 0.135. The number of amides is 1. The first-order chi connectivity index (χ1) is 12.8. The summed E-state index contributed by atoms with van der Waals surface area (Å²) in [4.78, 5) is 13.9. The molecule has 0 unspecified atom stereocenters. The van der Waals surface area contributed by atoms with E-state index in [0.717, 1.165) is 6.07 Å². The van der Waals surface area contributed by atoms with Crippen LogP contribution in [0.2, 0.25) is 0 Å². The van der Waals surface area contributed by atoms with Crippen molar-refractivity contribution in [2.45, 2.75) is 18.2 Å². The highest BCUT2D eigenvalue weighted by Gasteiger charge is 2.30. The molecule has 5 nitrogen and oxygen atoms in total. The second-order valence-electron chi connectivity index (χ2n) is 6.50. The molecule has 1 saturated heterocycles. The van der Waals surface area contributed by atoms with E-state index in [-0.39, 0.29) is 49.2 Å². The Morgan fingerprint density at radius 3 is 2.22 bits per heavy atom. The summed E-state index contributed by atoms with van der Waals surface area (Å²) in [6, 6.07) is 9.56. The zero-order chi connectivity index (χ0) is 19.6. The van der Waals surface area contributed by atoms with Gasteiger partial charge in [0.25, 0.3) is 0 Å². The van der Waals surface area contributed by atoms with Crippen LogP contribution in [0.25, 0.3) is 0 Å². The van der Waals surface area contributed by atoms with E-state index in [9.17, 15) is 22.0 Å². The molecule has 0 spiro atoms. The van der Waals surface area contributed by atoms with Gasteiger partial charge in [0.1, 0.15) is 11.6 Å². The summed E-state index contributed by atoms with van der Waals surface area (Å²) in [5.41, 5.74) is 1.08. The van der Waals surface area contributed by atoms with E-state index < -0.39 is 15.8 Å². The molecule has 1 aliphatic rings. The number of benzene rings is 2. The van der Waals surface area contributed by atoms with Crippen molar-refractivity contribution >= 4 is 15.9 Å².